The van der Waals surface area contributed by atoms with E-state index in [1.807, 2.05) is 42.5 Å². The number of benzene rings is 2. The summed E-state index contributed by atoms with van der Waals surface area (Å²) in [6, 6.07) is 18.4. The SMILES string of the molecule is COc1ccc([C@@H](C)NCC#Cc2ccccc2)cc1. The van der Waals surface area contributed by atoms with Crippen molar-refractivity contribution >= 4 is 0 Å². The second-order valence-corrected chi connectivity index (χ2v) is 4.54. The lowest BCUT2D eigenvalue weighted by Crippen LogP contribution is -2.18. The second kappa shape index (κ2) is 7.37. The molecule has 1 atom stereocenters. The molecule has 2 rings (SSSR count). The third kappa shape index (κ3) is 4.15. The Labute approximate surface area is 120 Å². The monoisotopic (exact) mass is 265 g/mol. The molecule has 0 bridgehead atoms. The summed E-state index contributed by atoms with van der Waals surface area (Å²) < 4.78 is 5.15. The van der Waals surface area contributed by atoms with Gasteiger partial charge in [-0.3, -0.25) is 5.32 Å². The Hall–Kier alpha value is -2.24. The maximum atomic E-state index is 5.15. The highest BCUT2D eigenvalue weighted by Gasteiger charge is 2.03. The van der Waals surface area contributed by atoms with E-state index in [1.54, 1.807) is 7.11 Å². The molecule has 1 N–H and O–H groups in total. The van der Waals surface area contributed by atoms with Gasteiger partial charge in [0, 0.05) is 11.6 Å². The summed E-state index contributed by atoms with van der Waals surface area (Å²) in [5, 5.41) is 3.39. The van der Waals surface area contributed by atoms with Crippen molar-refractivity contribution in [3.8, 4) is 17.6 Å². The van der Waals surface area contributed by atoms with Crippen LogP contribution in [0.4, 0.5) is 0 Å². The third-order valence-corrected chi connectivity index (χ3v) is 3.12. The maximum Gasteiger partial charge on any atom is 0.118 e. The summed E-state index contributed by atoms with van der Waals surface area (Å²) in [5.74, 6) is 7.16. The number of hydrogen-bond acceptors (Lipinski definition) is 2. The van der Waals surface area contributed by atoms with Crippen molar-refractivity contribution in [2.24, 2.45) is 0 Å². The predicted molar refractivity (Wildman–Crippen MR) is 82.7 cm³/mol. The molecular formula is C18H19NO. The van der Waals surface area contributed by atoms with E-state index in [4.69, 9.17) is 4.74 Å². The van der Waals surface area contributed by atoms with Gasteiger partial charge < -0.3 is 4.74 Å². The van der Waals surface area contributed by atoms with Crippen LogP contribution < -0.4 is 10.1 Å². The highest BCUT2D eigenvalue weighted by Crippen LogP contribution is 2.16. The molecule has 0 aliphatic rings. The van der Waals surface area contributed by atoms with Crippen molar-refractivity contribution in [3.63, 3.8) is 0 Å². The molecule has 0 radical (unpaired) electrons. The van der Waals surface area contributed by atoms with Gasteiger partial charge in [-0.2, -0.15) is 0 Å². The molecule has 0 unspecified atom stereocenters. The number of rotatable bonds is 4. The molecule has 2 heteroatoms. The molecule has 20 heavy (non-hydrogen) atoms. The van der Waals surface area contributed by atoms with Crippen molar-refractivity contribution in [1.82, 2.24) is 5.32 Å². The van der Waals surface area contributed by atoms with Gasteiger partial charge in [0.25, 0.3) is 0 Å². The Morgan fingerprint density at radius 3 is 2.40 bits per heavy atom. The molecular weight excluding hydrogens is 246 g/mol. The molecule has 0 aliphatic carbocycles. The Bertz CT molecular complexity index is 578. The van der Waals surface area contributed by atoms with Gasteiger partial charge in [0.1, 0.15) is 5.75 Å². The van der Waals surface area contributed by atoms with E-state index in [0.717, 1.165) is 11.3 Å². The number of methoxy groups -OCH3 is 1. The van der Waals surface area contributed by atoms with Crippen molar-refractivity contribution in [3.05, 3.63) is 65.7 Å². The van der Waals surface area contributed by atoms with E-state index in [2.05, 4.69) is 36.2 Å². The van der Waals surface area contributed by atoms with E-state index in [0.29, 0.717) is 6.54 Å². The standard InChI is InChI=1S/C18H19NO/c1-15(17-10-12-18(20-2)13-11-17)19-14-6-9-16-7-4-3-5-8-16/h3-5,7-8,10-13,15,19H,14H2,1-2H3/t15-/m1/s1. The van der Waals surface area contributed by atoms with E-state index in [9.17, 15) is 0 Å². The van der Waals surface area contributed by atoms with Gasteiger partial charge in [0.05, 0.1) is 13.7 Å². The predicted octanol–water partition coefficient (Wildman–Crippen LogP) is 3.40. The van der Waals surface area contributed by atoms with Crippen molar-refractivity contribution in [1.29, 1.82) is 0 Å². The molecule has 0 saturated heterocycles. The Balaban J connectivity index is 1.86. The maximum absolute atomic E-state index is 5.15. The van der Waals surface area contributed by atoms with Crippen LogP contribution in [-0.2, 0) is 0 Å². The second-order valence-electron chi connectivity index (χ2n) is 4.54. The fourth-order valence-electron chi connectivity index (χ4n) is 1.88. The molecule has 0 spiro atoms. The summed E-state index contributed by atoms with van der Waals surface area (Å²) in [6.07, 6.45) is 0. The fraction of sp³-hybridized carbons (Fsp3) is 0.222. The molecule has 0 amide bonds. The van der Waals surface area contributed by atoms with Crippen molar-refractivity contribution in [2.45, 2.75) is 13.0 Å². The molecule has 102 valence electrons. The number of ether oxygens (including phenoxy) is 1. The van der Waals surface area contributed by atoms with Gasteiger partial charge in [-0.25, -0.2) is 0 Å². The van der Waals surface area contributed by atoms with Crippen LogP contribution in [-0.4, -0.2) is 13.7 Å². The smallest absolute Gasteiger partial charge is 0.118 e. The summed E-state index contributed by atoms with van der Waals surface area (Å²) in [6.45, 7) is 2.80. The number of nitrogens with one attached hydrogen (secondary N) is 1. The Morgan fingerprint density at radius 1 is 1.05 bits per heavy atom. The molecule has 2 aromatic carbocycles. The van der Waals surface area contributed by atoms with Gasteiger partial charge in [-0.15, -0.1) is 0 Å². The van der Waals surface area contributed by atoms with Gasteiger partial charge in [0.15, 0.2) is 0 Å². The molecule has 2 nitrogen and oxygen atoms in total. The summed E-state index contributed by atoms with van der Waals surface area (Å²) >= 11 is 0. The van der Waals surface area contributed by atoms with Crippen LogP contribution >= 0.6 is 0 Å². The van der Waals surface area contributed by atoms with Gasteiger partial charge in [0.2, 0.25) is 0 Å². The fourth-order valence-corrected chi connectivity index (χ4v) is 1.88. The Morgan fingerprint density at radius 2 is 1.75 bits per heavy atom. The first-order valence-electron chi connectivity index (χ1n) is 6.71. The van der Waals surface area contributed by atoms with E-state index >= 15 is 0 Å². The molecule has 2 aromatic rings. The van der Waals surface area contributed by atoms with E-state index < -0.39 is 0 Å². The quantitative estimate of drug-likeness (QED) is 0.856. The van der Waals surface area contributed by atoms with Crippen LogP contribution in [0.1, 0.15) is 24.1 Å². The molecule has 0 aliphatic heterocycles. The average molecular weight is 265 g/mol. The highest BCUT2D eigenvalue weighted by atomic mass is 16.5. The topological polar surface area (TPSA) is 21.3 Å². The van der Waals surface area contributed by atoms with Gasteiger partial charge in [-0.1, -0.05) is 42.2 Å². The van der Waals surface area contributed by atoms with E-state index in [1.165, 1.54) is 5.56 Å². The van der Waals surface area contributed by atoms with Crippen LogP contribution in [0.15, 0.2) is 54.6 Å². The summed E-state index contributed by atoms with van der Waals surface area (Å²) in [4.78, 5) is 0. The first kappa shape index (κ1) is 14.2. The zero-order chi connectivity index (χ0) is 14.2. The number of hydrogen-bond donors (Lipinski definition) is 1. The third-order valence-electron chi connectivity index (χ3n) is 3.12. The molecule has 0 aromatic heterocycles. The molecule has 0 heterocycles. The first-order chi connectivity index (χ1) is 9.79. The minimum atomic E-state index is 0.269. The van der Waals surface area contributed by atoms with Gasteiger partial charge >= 0.3 is 0 Å². The highest BCUT2D eigenvalue weighted by molar-refractivity contribution is 5.34. The zero-order valence-electron chi connectivity index (χ0n) is 11.9. The van der Waals surface area contributed by atoms with Crippen LogP contribution in [0, 0.1) is 11.8 Å². The lowest BCUT2D eigenvalue weighted by atomic mass is 10.1. The largest absolute Gasteiger partial charge is 0.497 e. The summed E-state index contributed by atoms with van der Waals surface area (Å²) in [5.41, 5.74) is 2.28. The minimum absolute atomic E-state index is 0.269. The average Bonchev–Trinajstić information content (AvgIpc) is 2.52. The van der Waals surface area contributed by atoms with Crippen molar-refractivity contribution in [2.75, 3.05) is 13.7 Å². The lowest BCUT2D eigenvalue weighted by molar-refractivity contribution is 0.414. The Kier molecular flexibility index (Phi) is 5.23. The van der Waals surface area contributed by atoms with E-state index in [-0.39, 0.29) is 6.04 Å². The van der Waals surface area contributed by atoms with Crippen molar-refractivity contribution < 1.29 is 4.74 Å². The van der Waals surface area contributed by atoms with Crippen LogP contribution in [0.25, 0.3) is 0 Å². The lowest BCUT2D eigenvalue weighted by Gasteiger charge is -2.12. The normalized spacial score (nSPS) is 11.3. The van der Waals surface area contributed by atoms with Crippen LogP contribution in [0.2, 0.25) is 0 Å². The van der Waals surface area contributed by atoms with Gasteiger partial charge in [-0.05, 0) is 36.8 Å². The zero-order valence-corrected chi connectivity index (χ0v) is 11.9. The van der Waals surface area contributed by atoms with Crippen LogP contribution in [0.3, 0.4) is 0 Å². The molecule has 0 fully saturated rings. The van der Waals surface area contributed by atoms with Crippen LogP contribution in [0.5, 0.6) is 5.75 Å². The molecule has 0 saturated carbocycles. The minimum Gasteiger partial charge on any atom is -0.497 e. The first-order valence-corrected chi connectivity index (χ1v) is 6.71. The summed E-state index contributed by atoms with van der Waals surface area (Å²) in [7, 11) is 1.68.